The number of carbonyl (C=O) groups is 1. The van der Waals surface area contributed by atoms with Crippen molar-refractivity contribution in [3.63, 3.8) is 0 Å². The molecule has 9 heteroatoms. The molecule has 0 aliphatic carbocycles. The minimum absolute atomic E-state index is 0.181. The molecule has 1 rings (SSSR count). The quantitative estimate of drug-likeness (QED) is 0.0277. The fourth-order valence-corrected chi connectivity index (χ4v) is 7.04. The average Bonchev–Trinajstić information content (AvgIpc) is 3.14. The molecule has 1 aliphatic heterocycles. The predicted octanol–water partition coefficient (Wildman–Crippen LogP) is 8.56. The fraction of sp³-hybridized carbons (Fsp3) is 0.930. The van der Waals surface area contributed by atoms with Crippen molar-refractivity contribution in [3.05, 3.63) is 12.2 Å². The number of aliphatic hydroxyl groups is 5. The first-order valence-electron chi connectivity index (χ1n) is 21.9. The molecule has 52 heavy (non-hydrogen) atoms. The Labute approximate surface area is 318 Å². The monoisotopic (exact) mass is 742 g/mol. The van der Waals surface area contributed by atoms with E-state index < -0.39 is 49.5 Å². The Morgan fingerprint density at radius 3 is 1.50 bits per heavy atom. The summed E-state index contributed by atoms with van der Waals surface area (Å²) in [5.41, 5.74) is 0. The average molecular weight is 742 g/mol. The molecule has 0 saturated carbocycles. The second-order valence-corrected chi connectivity index (χ2v) is 15.5. The van der Waals surface area contributed by atoms with E-state index in [0.717, 1.165) is 38.5 Å². The van der Waals surface area contributed by atoms with E-state index in [0.29, 0.717) is 6.42 Å². The summed E-state index contributed by atoms with van der Waals surface area (Å²) in [4.78, 5) is 12.8. The zero-order valence-corrected chi connectivity index (χ0v) is 33.6. The molecular weight excluding hydrogens is 658 g/mol. The number of carbonyl (C=O) groups excluding carboxylic acids is 1. The van der Waals surface area contributed by atoms with E-state index in [-0.39, 0.29) is 12.5 Å². The number of aliphatic hydroxyl groups excluding tert-OH is 5. The maximum atomic E-state index is 12.8. The van der Waals surface area contributed by atoms with E-state index >= 15 is 0 Å². The van der Waals surface area contributed by atoms with Gasteiger partial charge in [-0.1, -0.05) is 187 Å². The molecule has 1 aliphatic rings. The van der Waals surface area contributed by atoms with Crippen LogP contribution in [0.3, 0.4) is 0 Å². The second kappa shape index (κ2) is 34.4. The van der Waals surface area contributed by atoms with Gasteiger partial charge in [0, 0.05) is 6.42 Å². The van der Waals surface area contributed by atoms with Crippen molar-refractivity contribution in [1.82, 2.24) is 5.32 Å². The molecule has 0 aromatic carbocycles. The molecule has 0 radical (unpaired) electrons. The van der Waals surface area contributed by atoms with Crippen LogP contribution >= 0.6 is 0 Å². The first kappa shape index (κ1) is 48.9. The van der Waals surface area contributed by atoms with Crippen molar-refractivity contribution < 1.29 is 39.8 Å². The first-order chi connectivity index (χ1) is 25.3. The molecule has 1 amide bonds. The third kappa shape index (κ3) is 25.1. The molecule has 0 aromatic heterocycles. The summed E-state index contributed by atoms with van der Waals surface area (Å²) in [6.45, 7) is 3.74. The third-order valence-electron chi connectivity index (χ3n) is 10.6. The number of nitrogens with one attached hydrogen (secondary N) is 1. The van der Waals surface area contributed by atoms with Gasteiger partial charge in [-0.25, -0.2) is 0 Å². The van der Waals surface area contributed by atoms with Gasteiger partial charge in [-0.15, -0.1) is 0 Å². The van der Waals surface area contributed by atoms with Crippen LogP contribution in [0.1, 0.15) is 200 Å². The van der Waals surface area contributed by atoms with Crippen LogP contribution in [0.4, 0.5) is 0 Å². The lowest BCUT2D eigenvalue weighted by molar-refractivity contribution is -0.302. The van der Waals surface area contributed by atoms with E-state index in [2.05, 4.69) is 19.2 Å². The molecule has 7 atom stereocenters. The molecule has 0 bridgehead atoms. The second-order valence-electron chi connectivity index (χ2n) is 15.5. The van der Waals surface area contributed by atoms with Crippen molar-refractivity contribution in [2.75, 3.05) is 13.2 Å². The standard InChI is InChI=1S/C43H83NO8/c1-3-5-7-9-11-13-14-15-16-17-18-19-20-21-22-23-24-25-26-28-30-32-37(46)36(44-39(47)33-31-29-27-12-10-8-6-4-2)35-51-43-42(50)41(49)40(48)38(34-45)52-43/h30,32,36-38,40-43,45-46,48-50H,3-29,31,33-35H2,1-2H3,(H,44,47)/b32-30+. The summed E-state index contributed by atoms with van der Waals surface area (Å²) in [5, 5.41) is 54.0. The van der Waals surface area contributed by atoms with Gasteiger partial charge >= 0.3 is 0 Å². The van der Waals surface area contributed by atoms with Gasteiger partial charge in [0.15, 0.2) is 6.29 Å². The Bertz CT molecular complexity index is 827. The van der Waals surface area contributed by atoms with Crippen LogP contribution in [-0.4, -0.2) is 87.5 Å². The first-order valence-corrected chi connectivity index (χ1v) is 21.9. The number of rotatable bonds is 36. The number of amides is 1. The van der Waals surface area contributed by atoms with Gasteiger partial charge in [-0.05, 0) is 19.3 Å². The van der Waals surface area contributed by atoms with Gasteiger partial charge in [0.25, 0.3) is 0 Å². The number of allylic oxidation sites excluding steroid dienone is 1. The van der Waals surface area contributed by atoms with Gasteiger partial charge in [0.05, 0.1) is 25.4 Å². The molecule has 7 unspecified atom stereocenters. The molecule has 0 aromatic rings. The summed E-state index contributed by atoms with van der Waals surface area (Å²) in [6.07, 6.45) is 31.3. The molecule has 1 saturated heterocycles. The lowest BCUT2D eigenvalue weighted by Crippen LogP contribution is -2.60. The maximum absolute atomic E-state index is 12.8. The lowest BCUT2D eigenvalue weighted by Gasteiger charge is -2.40. The van der Waals surface area contributed by atoms with Crippen molar-refractivity contribution in [2.45, 2.75) is 243 Å². The summed E-state index contributed by atoms with van der Waals surface area (Å²) in [7, 11) is 0. The number of hydrogen-bond acceptors (Lipinski definition) is 8. The Kier molecular flexibility index (Phi) is 32.4. The molecule has 1 fully saturated rings. The van der Waals surface area contributed by atoms with Crippen LogP contribution in [0, 0.1) is 0 Å². The number of ether oxygens (including phenoxy) is 2. The van der Waals surface area contributed by atoms with Crippen LogP contribution < -0.4 is 5.32 Å². The molecule has 308 valence electrons. The number of unbranched alkanes of at least 4 members (excludes halogenated alkanes) is 26. The Morgan fingerprint density at radius 2 is 1.06 bits per heavy atom. The zero-order valence-electron chi connectivity index (χ0n) is 33.6. The van der Waals surface area contributed by atoms with E-state index in [1.165, 1.54) is 141 Å². The maximum Gasteiger partial charge on any atom is 0.220 e. The van der Waals surface area contributed by atoms with Gasteiger partial charge in [-0.2, -0.15) is 0 Å². The normalized spacial score (nSPS) is 21.9. The minimum atomic E-state index is -1.56. The van der Waals surface area contributed by atoms with Gasteiger partial charge in [-0.3, -0.25) is 4.79 Å². The van der Waals surface area contributed by atoms with Crippen LogP contribution in [0.5, 0.6) is 0 Å². The van der Waals surface area contributed by atoms with E-state index in [1.807, 2.05) is 6.08 Å². The van der Waals surface area contributed by atoms with Crippen molar-refractivity contribution in [2.24, 2.45) is 0 Å². The summed E-state index contributed by atoms with van der Waals surface area (Å²) in [6, 6.07) is -0.796. The highest BCUT2D eigenvalue weighted by molar-refractivity contribution is 5.76. The van der Waals surface area contributed by atoms with Crippen LogP contribution in [0.2, 0.25) is 0 Å². The smallest absolute Gasteiger partial charge is 0.220 e. The Balaban J connectivity index is 2.30. The number of hydrogen-bond donors (Lipinski definition) is 6. The largest absolute Gasteiger partial charge is 0.394 e. The highest BCUT2D eigenvalue weighted by Crippen LogP contribution is 2.22. The minimum Gasteiger partial charge on any atom is -0.394 e. The van der Waals surface area contributed by atoms with Gasteiger partial charge in [0.1, 0.15) is 24.4 Å². The van der Waals surface area contributed by atoms with Gasteiger partial charge in [0.2, 0.25) is 5.91 Å². The van der Waals surface area contributed by atoms with Crippen LogP contribution in [0.15, 0.2) is 12.2 Å². The zero-order chi connectivity index (χ0) is 38.1. The highest BCUT2D eigenvalue weighted by atomic mass is 16.7. The Morgan fingerprint density at radius 1 is 0.635 bits per heavy atom. The van der Waals surface area contributed by atoms with Gasteiger partial charge < -0.3 is 40.3 Å². The van der Waals surface area contributed by atoms with Crippen molar-refractivity contribution in [3.8, 4) is 0 Å². The SMILES string of the molecule is CCCCCCCCCCCCCCCCCCCCC/C=C/C(O)C(COC1OC(CO)C(O)C(O)C1O)NC(=O)CCCCCCCCCC. The van der Waals surface area contributed by atoms with Crippen LogP contribution in [-0.2, 0) is 14.3 Å². The molecular formula is C43H83NO8. The van der Waals surface area contributed by atoms with Crippen molar-refractivity contribution in [1.29, 1.82) is 0 Å². The Hall–Kier alpha value is -1.07. The predicted molar refractivity (Wildman–Crippen MR) is 212 cm³/mol. The molecule has 0 spiro atoms. The molecule has 1 heterocycles. The topological polar surface area (TPSA) is 149 Å². The highest BCUT2D eigenvalue weighted by Gasteiger charge is 2.44. The fourth-order valence-electron chi connectivity index (χ4n) is 7.04. The third-order valence-corrected chi connectivity index (χ3v) is 10.6. The van der Waals surface area contributed by atoms with E-state index in [9.17, 15) is 30.3 Å². The van der Waals surface area contributed by atoms with Crippen LogP contribution in [0.25, 0.3) is 0 Å². The molecule has 6 N–H and O–H groups in total. The van der Waals surface area contributed by atoms with E-state index in [4.69, 9.17) is 9.47 Å². The lowest BCUT2D eigenvalue weighted by atomic mass is 9.99. The summed E-state index contributed by atoms with van der Waals surface area (Å²) in [5.74, 6) is -0.181. The summed E-state index contributed by atoms with van der Waals surface area (Å²) >= 11 is 0. The van der Waals surface area contributed by atoms with Crippen molar-refractivity contribution >= 4 is 5.91 Å². The molecule has 9 nitrogen and oxygen atoms in total. The van der Waals surface area contributed by atoms with E-state index in [1.54, 1.807) is 6.08 Å². The summed E-state index contributed by atoms with van der Waals surface area (Å²) < 4.78 is 11.2.